The molecule has 0 spiro atoms. The van der Waals surface area contributed by atoms with Crippen molar-refractivity contribution in [2.45, 2.75) is 4.90 Å². The summed E-state index contributed by atoms with van der Waals surface area (Å²) in [5, 5.41) is 8.85. The Balaban J connectivity index is 3.31. The minimum atomic E-state index is -0.544. The molecule has 0 atom stereocenters. The number of benzene rings is 1. The van der Waals surface area contributed by atoms with E-state index in [-0.39, 0.29) is 5.78 Å². The van der Waals surface area contributed by atoms with Crippen LogP contribution in [0.1, 0.15) is 10.4 Å². The molecule has 0 amide bonds. The van der Waals surface area contributed by atoms with E-state index in [1.165, 1.54) is 26.0 Å². The third kappa shape index (κ3) is 2.48. The Bertz CT molecular complexity index is 390. The van der Waals surface area contributed by atoms with E-state index in [2.05, 4.69) is 0 Å². The molecule has 0 heterocycles. The largest absolute Gasteiger partial charge is 0.496 e. The highest BCUT2D eigenvalue weighted by Gasteiger charge is 2.15. The average molecular weight is 242 g/mol. The van der Waals surface area contributed by atoms with Crippen LogP contribution in [0.3, 0.4) is 0 Å². The van der Waals surface area contributed by atoms with Gasteiger partial charge in [-0.25, -0.2) is 0 Å². The maximum atomic E-state index is 11.5. The van der Waals surface area contributed by atoms with Gasteiger partial charge in [0.25, 0.3) is 0 Å². The molecule has 1 aromatic carbocycles. The highest BCUT2D eigenvalue weighted by atomic mass is 32.2. The minimum absolute atomic E-state index is 0.333. The third-order valence-corrected chi connectivity index (χ3v) is 2.91. The van der Waals surface area contributed by atoms with Crippen LogP contribution in [0.5, 0.6) is 11.5 Å². The van der Waals surface area contributed by atoms with Crippen molar-refractivity contribution in [3.63, 3.8) is 0 Å². The monoisotopic (exact) mass is 242 g/mol. The van der Waals surface area contributed by atoms with Gasteiger partial charge in [-0.05, 0) is 18.4 Å². The fourth-order valence-corrected chi connectivity index (χ4v) is 1.90. The number of hydrogen-bond acceptors (Lipinski definition) is 5. The zero-order chi connectivity index (χ0) is 12.1. The molecule has 0 saturated heterocycles. The standard InChI is InChI=1S/C11H14O4S/c1-14-9-5-11(16-3)10(15-2)4-7(9)8(13)6-12/h4-5,12H,6H2,1-3H3. The Labute approximate surface area is 98.6 Å². The number of aliphatic hydroxyl groups excluding tert-OH is 1. The van der Waals surface area contributed by atoms with Crippen LogP contribution >= 0.6 is 11.8 Å². The highest BCUT2D eigenvalue weighted by molar-refractivity contribution is 7.98. The summed E-state index contributed by atoms with van der Waals surface area (Å²) >= 11 is 1.50. The molecule has 0 saturated carbocycles. The van der Waals surface area contributed by atoms with E-state index in [1.54, 1.807) is 12.1 Å². The maximum absolute atomic E-state index is 11.5. The Morgan fingerprint density at radius 2 is 1.94 bits per heavy atom. The van der Waals surface area contributed by atoms with Gasteiger partial charge in [0.2, 0.25) is 0 Å². The van der Waals surface area contributed by atoms with Crippen LogP contribution in [0.2, 0.25) is 0 Å². The Hall–Kier alpha value is -1.20. The average Bonchev–Trinajstić information content (AvgIpc) is 2.35. The first-order valence-corrected chi connectivity index (χ1v) is 5.84. The van der Waals surface area contributed by atoms with Gasteiger partial charge in [0, 0.05) is 0 Å². The number of carbonyl (C=O) groups excluding carboxylic acids is 1. The van der Waals surface area contributed by atoms with Gasteiger partial charge in [0.15, 0.2) is 5.78 Å². The van der Waals surface area contributed by atoms with Gasteiger partial charge in [0.05, 0.1) is 24.7 Å². The van der Waals surface area contributed by atoms with Crippen molar-refractivity contribution in [2.24, 2.45) is 0 Å². The number of ketones is 1. The van der Waals surface area contributed by atoms with Crippen molar-refractivity contribution >= 4 is 17.5 Å². The number of methoxy groups -OCH3 is 2. The van der Waals surface area contributed by atoms with Gasteiger partial charge < -0.3 is 14.6 Å². The number of Topliss-reactive ketones (excluding diaryl/α,β-unsaturated/α-hetero) is 1. The van der Waals surface area contributed by atoms with E-state index in [1.807, 2.05) is 6.26 Å². The second-order valence-corrected chi connectivity index (χ2v) is 3.84. The quantitative estimate of drug-likeness (QED) is 0.628. The van der Waals surface area contributed by atoms with Crippen LogP contribution in [-0.2, 0) is 0 Å². The van der Waals surface area contributed by atoms with Gasteiger partial charge in [-0.1, -0.05) is 0 Å². The maximum Gasteiger partial charge on any atom is 0.192 e. The molecule has 0 unspecified atom stereocenters. The summed E-state index contributed by atoms with van der Waals surface area (Å²) in [5.41, 5.74) is 0.333. The van der Waals surface area contributed by atoms with Gasteiger partial charge in [-0.3, -0.25) is 4.79 Å². The Morgan fingerprint density at radius 3 is 2.38 bits per heavy atom. The van der Waals surface area contributed by atoms with Crippen LogP contribution < -0.4 is 9.47 Å². The van der Waals surface area contributed by atoms with E-state index < -0.39 is 6.61 Å². The van der Waals surface area contributed by atoms with Crippen LogP contribution in [0, 0.1) is 0 Å². The zero-order valence-electron chi connectivity index (χ0n) is 9.44. The summed E-state index contributed by atoms with van der Waals surface area (Å²) < 4.78 is 10.3. The molecule has 0 radical (unpaired) electrons. The zero-order valence-corrected chi connectivity index (χ0v) is 10.3. The second kappa shape index (κ2) is 5.77. The Morgan fingerprint density at radius 1 is 1.31 bits per heavy atom. The molecular formula is C11H14O4S. The summed E-state index contributed by atoms with van der Waals surface area (Å²) in [7, 11) is 3.02. The summed E-state index contributed by atoms with van der Waals surface area (Å²) in [6.07, 6.45) is 1.91. The number of rotatable bonds is 5. The number of hydrogen-bond donors (Lipinski definition) is 1. The van der Waals surface area contributed by atoms with E-state index in [9.17, 15) is 4.79 Å². The summed E-state index contributed by atoms with van der Waals surface area (Å²) in [5.74, 6) is 0.664. The number of aliphatic hydroxyl groups is 1. The van der Waals surface area contributed by atoms with Crippen molar-refractivity contribution in [1.29, 1.82) is 0 Å². The number of thioether (sulfide) groups is 1. The molecule has 1 aromatic rings. The molecule has 0 fully saturated rings. The van der Waals surface area contributed by atoms with Crippen molar-refractivity contribution in [3.8, 4) is 11.5 Å². The summed E-state index contributed by atoms with van der Waals surface area (Å²) in [4.78, 5) is 12.4. The lowest BCUT2D eigenvalue weighted by Crippen LogP contribution is -2.07. The van der Waals surface area contributed by atoms with Gasteiger partial charge in [0.1, 0.15) is 18.1 Å². The molecule has 0 aliphatic carbocycles. The third-order valence-electron chi connectivity index (χ3n) is 2.15. The number of ether oxygens (including phenoxy) is 2. The second-order valence-electron chi connectivity index (χ2n) is 2.99. The van der Waals surface area contributed by atoms with Crippen LogP contribution in [0.25, 0.3) is 0 Å². The van der Waals surface area contributed by atoms with Crippen molar-refractivity contribution in [1.82, 2.24) is 0 Å². The molecule has 0 aliphatic rings. The smallest absolute Gasteiger partial charge is 0.192 e. The first-order chi connectivity index (χ1) is 7.67. The molecule has 4 nitrogen and oxygen atoms in total. The first kappa shape index (κ1) is 12.9. The molecule has 0 bridgehead atoms. The number of carbonyl (C=O) groups is 1. The predicted molar refractivity (Wildman–Crippen MR) is 62.7 cm³/mol. The lowest BCUT2D eigenvalue weighted by atomic mass is 10.1. The summed E-state index contributed by atoms with van der Waals surface area (Å²) in [6.45, 7) is -0.544. The fourth-order valence-electron chi connectivity index (χ4n) is 1.33. The van der Waals surface area contributed by atoms with E-state index >= 15 is 0 Å². The molecule has 88 valence electrons. The topological polar surface area (TPSA) is 55.8 Å². The highest BCUT2D eigenvalue weighted by Crippen LogP contribution is 2.34. The Kier molecular flexibility index (Phi) is 4.64. The summed E-state index contributed by atoms with van der Waals surface area (Å²) in [6, 6.07) is 3.32. The van der Waals surface area contributed by atoms with Crippen LogP contribution in [0.15, 0.2) is 17.0 Å². The van der Waals surface area contributed by atoms with Crippen LogP contribution in [-0.4, -0.2) is 38.0 Å². The van der Waals surface area contributed by atoms with Gasteiger partial charge in [-0.2, -0.15) is 0 Å². The molecule has 0 aliphatic heterocycles. The lowest BCUT2D eigenvalue weighted by molar-refractivity contribution is 0.0900. The normalized spacial score (nSPS) is 10.0. The molecule has 0 aromatic heterocycles. The fraction of sp³-hybridized carbons (Fsp3) is 0.364. The van der Waals surface area contributed by atoms with E-state index in [4.69, 9.17) is 14.6 Å². The van der Waals surface area contributed by atoms with Crippen molar-refractivity contribution in [3.05, 3.63) is 17.7 Å². The SMILES string of the molecule is COc1cc(C(=O)CO)c(OC)cc1SC. The van der Waals surface area contributed by atoms with Gasteiger partial charge >= 0.3 is 0 Å². The van der Waals surface area contributed by atoms with Crippen molar-refractivity contribution in [2.75, 3.05) is 27.1 Å². The molecular weight excluding hydrogens is 228 g/mol. The molecule has 5 heteroatoms. The van der Waals surface area contributed by atoms with Gasteiger partial charge in [-0.15, -0.1) is 11.8 Å². The van der Waals surface area contributed by atoms with Crippen molar-refractivity contribution < 1.29 is 19.4 Å². The minimum Gasteiger partial charge on any atom is -0.496 e. The van der Waals surface area contributed by atoms with E-state index in [0.29, 0.717) is 17.1 Å². The molecule has 1 N–H and O–H groups in total. The van der Waals surface area contributed by atoms with Crippen LogP contribution in [0.4, 0.5) is 0 Å². The first-order valence-electron chi connectivity index (χ1n) is 4.62. The molecule has 16 heavy (non-hydrogen) atoms. The lowest BCUT2D eigenvalue weighted by Gasteiger charge is -2.12. The molecule has 1 rings (SSSR count). The van der Waals surface area contributed by atoms with E-state index in [0.717, 1.165) is 4.90 Å². The predicted octanol–water partition coefficient (Wildman–Crippen LogP) is 1.60.